The van der Waals surface area contributed by atoms with Gasteiger partial charge in [0, 0.05) is 19.6 Å². The molecule has 0 unspecified atom stereocenters. The summed E-state index contributed by atoms with van der Waals surface area (Å²) in [6.07, 6.45) is 11.2. The first-order valence-electron chi connectivity index (χ1n) is 8.48. The largest absolute Gasteiger partial charge is 0.481 e. The molecule has 0 spiro atoms. The van der Waals surface area contributed by atoms with Crippen LogP contribution in [0.1, 0.15) is 71.6 Å². The van der Waals surface area contributed by atoms with Crippen LogP contribution in [0.15, 0.2) is 0 Å². The minimum Gasteiger partial charge on any atom is -0.481 e. The predicted octanol–water partition coefficient (Wildman–Crippen LogP) is 4.19. The zero-order valence-electron chi connectivity index (χ0n) is 14.7. The third-order valence-electron chi connectivity index (χ3n) is 3.13. The Bertz CT molecular complexity index is 208. The molecule has 0 radical (unpaired) electrons. The van der Waals surface area contributed by atoms with Gasteiger partial charge >= 0.3 is 5.97 Å². The summed E-state index contributed by atoms with van der Waals surface area (Å²) in [6.45, 7) is 6.73. The zero-order chi connectivity index (χ0) is 16.3. The number of likely N-dealkylation sites (N-methyl/N-ethyl adjacent to an activating group) is 1. The van der Waals surface area contributed by atoms with Gasteiger partial charge in [-0.25, -0.2) is 0 Å². The fourth-order valence-electron chi connectivity index (χ4n) is 1.69. The molecule has 0 amide bonds. The molecule has 0 aliphatic carbocycles. The number of rotatable bonds is 13. The molecule has 0 aromatic rings. The standard InChI is InChI=1S/C14H31NO.C3H6O2/c1-4-5-6-7-8-9-10-11-13-16-14-12-15(2)3;1-2-3(4)5/h4-14H2,1-3H3;2H2,1H3,(H,4,5). The van der Waals surface area contributed by atoms with Crippen molar-refractivity contribution in [3.63, 3.8) is 0 Å². The number of aliphatic carboxylic acids is 1. The summed E-state index contributed by atoms with van der Waals surface area (Å²) in [4.78, 5) is 11.5. The van der Waals surface area contributed by atoms with E-state index in [2.05, 4.69) is 25.9 Å². The van der Waals surface area contributed by atoms with Crippen LogP contribution in [0.4, 0.5) is 0 Å². The maximum atomic E-state index is 9.37. The van der Waals surface area contributed by atoms with Crippen LogP contribution in [-0.2, 0) is 9.53 Å². The number of unbranched alkanes of at least 4 members (excludes halogenated alkanes) is 7. The van der Waals surface area contributed by atoms with Gasteiger partial charge in [-0.3, -0.25) is 4.79 Å². The summed E-state index contributed by atoms with van der Waals surface area (Å²) in [6, 6.07) is 0. The van der Waals surface area contributed by atoms with Gasteiger partial charge in [-0.1, -0.05) is 58.8 Å². The SMILES string of the molecule is CCC(=O)O.CCCCCCCCCCOCCN(C)C. The lowest BCUT2D eigenvalue weighted by Crippen LogP contribution is -2.18. The van der Waals surface area contributed by atoms with Crippen LogP contribution in [0.3, 0.4) is 0 Å². The Morgan fingerprint density at radius 2 is 1.38 bits per heavy atom. The van der Waals surface area contributed by atoms with Crippen molar-refractivity contribution in [3.8, 4) is 0 Å². The highest BCUT2D eigenvalue weighted by Crippen LogP contribution is 2.08. The van der Waals surface area contributed by atoms with Crippen LogP contribution in [0, 0.1) is 0 Å². The minimum absolute atomic E-state index is 0.222. The van der Waals surface area contributed by atoms with Gasteiger partial charge in [0.25, 0.3) is 0 Å². The zero-order valence-corrected chi connectivity index (χ0v) is 14.7. The lowest BCUT2D eigenvalue weighted by atomic mass is 10.1. The second kappa shape index (κ2) is 19.4. The Labute approximate surface area is 131 Å². The summed E-state index contributed by atoms with van der Waals surface area (Å²) in [5.41, 5.74) is 0. The van der Waals surface area contributed by atoms with E-state index in [-0.39, 0.29) is 6.42 Å². The number of nitrogens with zero attached hydrogens (tertiary/aromatic N) is 1. The smallest absolute Gasteiger partial charge is 0.303 e. The first-order chi connectivity index (χ1) is 10.0. The highest BCUT2D eigenvalue weighted by Gasteiger charge is 1.93. The van der Waals surface area contributed by atoms with E-state index in [1.165, 1.54) is 51.4 Å². The molecule has 1 N–H and O–H groups in total. The molecule has 0 fully saturated rings. The number of hydrogen-bond acceptors (Lipinski definition) is 3. The Balaban J connectivity index is 0. The van der Waals surface area contributed by atoms with E-state index in [1.807, 2.05) is 0 Å². The second-order valence-corrected chi connectivity index (χ2v) is 5.64. The topological polar surface area (TPSA) is 49.8 Å². The molecular weight excluding hydrogens is 266 g/mol. The van der Waals surface area contributed by atoms with Gasteiger partial charge in [-0.05, 0) is 20.5 Å². The summed E-state index contributed by atoms with van der Waals surface area (Å²) in [5, 5.41) is 7.72. The molecule has 0 atom stereocenters. The maximum Gasteiger partial charge on any atom is 0.303 e. The monoisotopic (exact) mass is 303 g/mol. The number of carbonyl (C=O) groups is 1. The summed E-state index contributed by atoms with van der Waals surface area (Å²) >= 11 is 0. The average Bonchev–Trinajstić information content (AvgIpc) is 2.45. The summed E-state index contributed by atoms with van der Waals surface area (Å²) < 4.78 is 5.55. The Morgan fingerprint density at radius 1 is 0.905 bits per heavy atom. The molecule has 21 heavy (non-hydrogen) atoms. The lowest BCUT2D eigenvalue weighted by molar-refractivity contribution is -0.136. The highest BCUT2D eigenvalue weighted by atomic mass is 16.5. The highest BCUT2D eigenvalue weighted by molar-refractivity contribution is 5.66. The number of hydrogen-bond donors (Lipinski definition) is 1. The molecule has 0 aromatic heterocycles. The molecule has 0 saturated carbocycles. The van der Waals surface area contributed by atoms with E-state index in [4.69, 9.17) is 9.84 Å². The van der Waals surface area contributed by atoms with E-state index < -0.39 is 5.97 Å². The molecule has 128 valence electrons. The van der Waals surface area contributed by atoms with Crippen LogP contribution < -0.4 is 0 Å². The first-order valence-corrected chi connectivity index (χ1v) is 8.48. The van der Waals surface area contributed by atoms with E-state index in [1.54, 1.807) is 6.92 Å². The Morgan fingerprint density at radius 3 is 1.81 bits per heavy atom. The van der Waals surface area contributed by atoms with Crippen molar-refractivity contribution >= 4 is 5.97 Å². The van der Waals surface area contributed by atoms with Gasteiger partial charge in [0.15, 0.2) is 0 Å². The van der Waals surface area contributed by atoms with Crippen molar-refractivity contribution in [2.24, 2.45) is 0 Å². The average molecular weight is 303 g/mol. The molecular formula is C17H37NO3. The predicted molar refractivity (Wildman–Crippen MR) is 89.9 cm³/mol. The maximum absolute atomic E-state index is 9.37. The van der Waals surface area contributed by atoms with Gasteiger partial charge in [-0.15, -0.1) is 0 Å². The molecule has 4 heteroatoms. The number of carboxylic acids is 1. The van der Waals surface area contributed by atoms with E-state index >= 15 is 0 Å². The molecule has 0 saturated heterocycles. The van der Waals surface area contributed by atoms with Crippen molar-refractivity contribution < 1.29 is 14.6 Å². The molecule has 0 bridgehead atoms. The van der Waals surface area contributed by atoms with Crippen molar-refractivity contribution in [2.45, 2.75) is 71.6 Å². The molecule has 4 nitrogen and oxygen atoms in total. The second-order valence-electron chi connectivity index (χ2n) is 5.64. The van der Waals surface area contributed by atoms with Crippen LogP contribution >= 0.6 is 0 Å². The Kier molecular flexibility index (Phi) is 20.9. The lowest BCUT2D eigenvalue weighted by Gasteiger charge is -2.09. The summed E-state index contributed by atoms with van der Waals surface area (Å²) in [5.74, 6) is -0.745. The molecule has 0 aliphatic rings. The van der Waals surface area contributed by atoms with Gasteiger partial charge in [0.1, 0.15) is 0 Å². The van der Waals surface area contributed by atoms with E-state index in [0.717, 1.165) is 19.8 Å². The van der Waals surface area contributed by atoms with Gasteiger partial charge in [-0.2, -0.15) is 0 Å². The van der Waals surface area contributed by atoms with E-state index in [0.29, 0.717) is 0 Å². The van der Waals surface area contributed by atoms with Gasteiger partial charge in [0.05, 0.1) is 6.61 Å². The fourth-order valence-corrected chi connectivity index (χ4v) is 1.69. The van der Waals surface area contributed by atoms with Crippen LogP contribution in [-0.4, -0.2) is 49.8 Å². The molecule has 0 aliphatic heterocycles. The van der Waals surface area contributed by atoms with E-state index in [9.17, 15) is 4.79 Å². The van der Waals surface area contributed by atoms with Gasteiger partial charge < -0.3 is 14.7 Å². The van der Waals surface area contributed by atoms with Crippen molar-refractivity contribution in [1.29, 1.82) is 0 Å². The molecule has 0 heterocycles. The molecule has 0 rings (SSSR count). The number of ether oxygens (including phenoxy) is 1. The quantitative estimate of drug-likeness (QED) is 0.518. The first kappa shape index (κ1) is 22.7. The van der Waals surface area contributed by atoms with Crippen molar-refractivity contribution in [2.75, 3.05) is 33.9 Å². The Hall–Kier alpha value is -0.610. The number of carboxylic acid groups (broad SMARTS) is 1. The van der Waals surface area contributed by atoms with Crippen LogP contribution in [0.5, 0.6) is 0 Å². The van der Waals surface area contributed by atoms with Crippen LogP contribution in [0.25, 0.3) is 0 Å². The van der Waals surface area contributed by atoms with Crippen molar-refractivity contribution in [1.82, 2.24) is 4.90 Å². The van der Waals surface area contributed by atoms with Gasteiger partial charge in [0.2, 0.25) is 0 Å². The normalized spacial score (nSPS) is 10.3. The minimum atomic E-state index is -0.745. The van der Waals surface area contributed by atoms with Crippen molar-refractivity contribution in [3.05, 3.63) is 0 Å². The fraction of sp³-hybridized carbons (Fsp3) is 0.941. The van der Waals surface area contributed by atoms with Crippen LogP contribution in [0.2, 0.25) is 0 Å². The summed E-state index contributed by atoms with van der Waals surface area (Å²) in [7, 11) is 4.17. The molecule has 0 aromatic carbocycles. The third kappa shape index (κ3) is 28.3. The third-order valence-corrected chi connectivity index (χ3v) is 3.13.